The Morgan fingerprint density at radius 1 is 1.13 bits per heavy atom. The van der Waals surface area contributed by atoms with E-state index in [0.717, 1.165) is 17.7 Å². The van der Waals surface area contributed by atoms with Crippen LogP contribution in [0.1, 0.15) is 25.0 Å². The van der Waals surface area contributed by atoms with Crippen molar-refractivity contribution in [3.63, 3.8) is 0 Å². The van der Waals surface area contributed by atoms with Gasteiger partial charge in [-0.25, -0.2) is 4.79 Å². The Hall–Kier alpha value is -3.13. The Morgan fingerprint density at radius 3 is 2.58 bits per heavy atom. The molecule has 1 amide bonds. The Labute approximate surface area is 186 Å². The average molecular weight is 443 g/mol. The molecule has 1 heterocycles. The number of nitrogens with one attached hydrogen (secondary N) is 2. The summed E-state index contributed by atoms with van der Waals surface area (Å²) in [4.78, 5) is 24.3. The van der Waals surface area contributed by atoms with Crippen molar-refractivity contribution >= 4 is 35.4 Å². The molecule has 0 bridgehead atoms. The largest absolute Gasteiger partial charge is 0.490 e. The molecule has 0 unspecified atom stereocenters. The zero-order valence-electron chi connectivity index (χ0n) is 17.8. The lowest BCUT2D eigenvalue weighted by molar-refractivity contribution is -0.142. The second-order valence-electron chi connectivity index (χ2n) is 6.68. The third-order valence-electron chi connectivity index (χ3n) is 4.53. The van der Waals surface area contributed by atoms with Gasteiger partial charge in [0.25, 0.3) is 5.91 Å². The topological polar surface area (TPSA) is 85.9 Å². The minimum Gasteiger partial charge on any atom is -0.490 e. The van der Waals surface area contributed by atoms with E-state index in [2.05, 4.69) is 34.4 Å². The molecule has 0 aliphatic carbocycles. The van der Waals surface area contributed by atoms with Crippen LogP contribution in [0.2, 0.25) is 0 Å². The standard InChI is InChI=1S/C23H26N2O5S/c1-4-15-6-9-17(10-7-15)24-23-25-22(27)20(31-23)13-16-8-11-18(19(12-16)29-5-2)30-14-21(26)28-3/h6-13,23-24H,4-5,14H2,1-3H3,(H,25,27)/b20-13-/t23-/m1/s1. The van der Waals surface area contributed by atoms with Gasteiger partial charge in [0.15, 0.2) is 23.6 Å². The number of carbonyl (C=O) groups is 2. The van der Waals surface area contributed by atoms with Crippen molar-refractivity contribution in [1.29, 1.82) is 0 Å². The number of amides is 1. The lowest BCUT2D eigenvalue weighted by atomic mass is 10.1. The summed E-state index contributed by atoms with van der Waals surface area (Å²) in [5.41, 5.74) is 2.75. The quantitative estimate of drug-likeness (QED) is 0.451. The van der Waals surface area contributed by atoms with Crippen LogP contribution < -0.4 is 20.1 Å². The molecule has 1 fully saturated rings. The molecule has 0 aromatic heterocycles. The number of hydrogen-bond donors (Lipinski definition) is 2. The number of hydrogen-bond acceptors (Lipinski definition) is 7. The minimum atomic E-state index is -0.476. The third kappa shape index (κ3) is 6.18. The first-order valence-corrected chi connectivity index (χ1v) is 10.9. The van der Waals surface area contributed by atoms with E-state index < -0.39 is 5.97 Å². The molecule has 2 aromatic carbocycles. The van der Waals surface area contributed by atoms with Crippen molar-refractivity contribution in [2.75, 3.05) is 25.6 Å². The van der Waals surface area contributed by atoms with Crippen LogP contribution >= 0.6 is 11.8 Å². The van der Waals surface area contributed by atoms with Crippen molar-refractivity contribution in [2.45, 2.75) is 25.8 Å². The maximum atomic E-state index is 12.4. The summed E-state index contributed by atoms with van der Waals surface area (Å²) in [6, 6.07) is 13.5. The van der Waals surface area contributed by atoms with Crippen LogP contribution in [0, 0.1) is 0 Å². The van der Waals surface area contributed by atoms with Crippen LogP contribution in [0.3, 0.4) is 0 Å². The zero-order valence-corrected chi connectivity index (χ0v) is 18.6. The molecule has 1 atom stereocenters. The number of rotatable bonds is 9. The van der Waals surface area contributed by atoms with E-state index in [9.17, 15) is 9.59 Å². The third-order valence-corrected chi connectivity index (χ3v) is 5.56. The smallest absolute Gasteiger partial charge is 0.343 e. The van der Waals surface area contributed by atoms with Crippen molar-refractivity contribution in [3.8, 4) is 11.5 Å². The highest BCUT2D eigenvalue weighted by molar-refractivity contribution is 8.05. The summed E-state index contributed by atoms with van der Waals surface area (Å²) >= 11 is 1.42. The molecule has 164 valence electrons. The van der Waals surface area contributed by atoms with Crippen LogP contribution in [-0.2, 0) is 20.7 Å². The molecule has 2 aromatic rings. The van der Waals surface area contributed by atoms with Crippen molar-refractivity contribution in [3.05, 3.63) is 58.5 Å². The fraction of sp³-hybridized carbons (Fsp3) is 0.304. The second kappa shape index (κ2) is 10.8. The molecule has 3 rings (SSSR count). The van der Waals surface area contributed by atoms with Gasteiger partial charge in [0.2, 0.25) is 0 Å². The number of thioether (sulfide) groups is 1. The number of carbonyl (C=O) groups excluding carboxylic acids is 2. The van der Waals surface area contributed by atoms with Gasteiger partial charge in [-0.2, -0.15) is 0 Å². The summed E-state index contributed by atoms with van der Waals surface area (Å²) in [6.45, 7) is 4.20. The van der Waals surface area contributed by atoms with Gasteiger partial charge in [0.1, 0.15) is 0 Å². The van der Waals surface area contributed by atoms with Gasteiger partial charge in [-0.05, 0) is 54.8 Å². The highest BCUT2D eigenvalue weighted by atomic mass is 32.2. The van der Waals surface area contributed by atoms with Gasteiger partial charge >= 0.3 is 5.97 Å². The van der Waals surface area contributed by atoms with Crippen molar-refractivity contribution in [1.82, 2.24) is 5.32 Å². The van der Waals surface area contributed by atoms with E-state index in [1.807, 2.05) is 19.1 Å². The molecule has 0 spiro atoms. The predicted molar refractivity (Wildman–Crippen MR) is 122 cm³/mol. The monoisotopic (exact) mass is 442 g/mol. The van der Waals surface area contributed by atoms with Gasteiger partial charge in [-0.15, -0.1) is 0 Å². The normalized spacial score (nSPS) is 16.7. The Balaban J connectivity index is 1.70. The fourth-order valence-electron chi connectivity index (χ4n) is 2.90. The Bertz CT molecular complexity index is 959. The van der Waals surface area contributed by atoms with E-state index in [-0.39, 0.29) is 18.0 Å². The van der Waals surface area contributed by atoms with Crippen LogP contribution in [-0.4, -0.2) is 37.7 Å². The van der Waals surface area contributed by atoms with Gasteiger partial charge in [0, 0.05) is 5.69 Å². The van der Waals surface area contributed by atoms with E-state index >= 15 is 0 Å². The SMILES string of the molecule is CCOc1cc(/C=C2\S[C@H](Nc3ccc(CC)cc3)NC2=O)ccc1OCC(=O)OC. The molecule has 0 saturated carbocycles. The fourth-order valence-corrected chi connectivity index (χ4v) is 3.89. The summed E-state index contributed by atoms with van der Waals surface area (Å²) < 4.78 is 15.7. The Kier molecular flexibility index (Phi) is 7.83. The zero-order chi connectivity index (χ0) is 22.2. The summed E-state index contributed by atoms with van der Waals surface area (Å²) in [5, 5.41) is 6.24. The lowest BCUT2D eigenvalue weighted by Gasteiger charge is -2.13. The molecule has 8 heteroatoms. The molecule has 1 aliphatic heterocycles. The number of benzene rings is 2. The number of methoxy groups -OCH3 is 1. The molecular formula is C23H26N2O5S. The molecule has 2 N–H and O–H groups in total. The maximum Gasteiger partial charge on any atom is 0.343 e. The highest BCUT2D eigenvalue weighted by Crippen LogP contribution is 2.33. The molecule has 1 saturated heterocycles. The van der Waals surface area contributed by atoms with Crippen LogP contribution in [0.15, 0.2) is 47.4 Å². The first-order valence-electron chi connectivity index (χ1n) is 10.0. The number of anilines is 1. The van der Waals surface area contributed by atoms with Crippen LogP contribution in [0.5, 0.6) is 11.5 Å². The first kappa shape index (κ1) is 22.6. The summed E-state index contributed by atoms with van der Waals surface area (Å²) in [5.74, 6) is 0.315. The van der Waals surface area contributed by atoms with E-state index in [1.54, 1.807) is 24.3 Å². The van der Waals surface area contributed by atoms with Crippen molar-refractivity contribution in [2.24, 2.45) is 0 Å². The van der Waals surface area contributed by atoms with Crippen molar-refractivity contribution < 1.29 is 23.8 Å². The molecule has 1 aliphatic rings. The second-order valence-corrected chi connectivity index (χ2v) is 7.83. The molecular weight excluding hydrogens is 416 g/mol. The summed E-state index contributed by atoms with van der Waals surface area (Å²) in [7, 11) is 1.30. The molecule has 0 radical (unpaired) electrons. The van der Waals surface area contributed by atoms with Crippen LogP contribution in [0.4, 0.5) is 5.69 Å². The highest BCUT2D eigenvalue weighted by Gasteiger charge is 2.27. The lowest BCUT2D eigenvalue weighted by Crippen LogP contribution is -2.30. The number of aryl methyl sites for hydroxylation is 1. The molecule has 7 nitrogen and oxygen atoms in total. The first-order chi connectivity index (χ1) is 15.0. The maximum absolute atomic E-state index is 12.4. The number of esters is 1. The molecule has 31 heavy (non-hydrogen) atoms. The minimum absolute atomic E-state index is 0.142. The Morgan fingerprint density at radius 2 is 1.90 bits per heavy atom. The predicted octanol–water partition coefficient (Wildman–Crippen LogP) is 3.80. The van der Waals surface area contributed by atoms with Gasteiger partial charge < -0.3 is 24.8 Å². The summed E-state index contributed by atoms with van der Waals surface area (Å²) in [6.07, 6.45) is 2.78. The van der Waals surface area contributed by atoms with Gasteiger partial charge in [-0.1, -0.05) is 36.9 Å². The van der Waals surface area contributed by atoms with E-state index in [4.69, 9.17) is 9.47 Å². The van der Waals surface area contributed by atoms with Gasteiger partial charge in [0.05, 0.1) is 18.6 Å². The van der Waals surface area contributed by atoms with Gasteiger partial charge in [-0.3, -0.25) is 4.79 Å². The van der Waals surface area contributed by atoms with E-state index in [1.165, 1.54) is 24.4 Å². The average Bonchev–Trinajstić information content (AvgIpc) is 3.12. The van der Waals surface area contributed by atoms with Crippen LogP contribution in [0.25, 0.3) is 6.08 Å². The van der Waals surface area contributed by atoms with E-state index in [0.29, 0.717) is 23.0 Å². The number of ether oxygens (including phenoxy) is 3.